The lowest BCUT2D eigenvalue weighted by atomic mass is 10.2. The topological polar surface area (TPSA) is 35.6 Å². The molecule has 0 radical (unpaired) electrons. The van der Waals surface area contributed by atoms with Crippen LogP contribution in [-0.4, -0.2) is 55.0 Å². The molecule has 1 N–H and O–H groups in total. The highest BCUT2D eigenvalue weighted by Crippen LogP contribution is 2.30. The predicted octanol–water partition coefficient (Wildman–Crippen LogP) is 2.67. The summed E-state index contributed by atoms with van der Waals surface area (Å²) in [6.45, 7) is 6.84. The third kappa shape index (κ3) is 5.51. The first-order chi connectivity index (χ1) is 10.9. The maximum Gasteiger partial charge on any atom is 0.416 e. The molecule has 0 aliphatic carbocycles. The molecule has 1 aromatic carbocycles. The second kappa shape index (κ2) is 7.79. The van der Waals surface area contributed by atoms with Gasteiger partial charge in [0.2, 0.25) is 5.91 Å². The molecular formula is C16H22F3N3O. The maximum absolute atomic E-state index is 12.7. The minimum atomic E-state index is -4.41. The van der Waals surface area contributed by atoms with Crippen molar-refractivity contribution in [3.8, 4) is 0 Å². The van der Waals surface area contributed by atoms with E-state index in [9.17, 15) is 18.0 Å². The van der Waals surface area contributed by atoms with E-state index in [1.54, 1.807) is 0 Å². The van der Waals surface area contributed by atoms with Crippen LogP contribution in [0.1, 0.15) is 18.9 Å². The van der Waals surface area contributed by atoms with Crippen molar-refractivity contribution in [3.05, 3.63) is 29.8 Å². The highest BCUT2D eigenvalue weighted by atomic mass is 19.4. The fraction of sp³-hybridized carbons (Fsp3) is 0.562. The Morgan fingerprint density at radius 1 is 1.17 bits per heavy atom. The number of nitrogens with zero attached hydrogens (tertiary/aromatic N) is 2. The van der Waals surface area contributed by atoms with Crippen molar-refractivity contribution in [3.63, 3.8) is 0 Å². The monoisotopic (exact) mass is 329 g/mol. The zero-order valence-corrected chi connectivity index (χ0v) is 13.2. The molecule has 1 fully saturated rings. The lowest BCUT2D eigenvalue weighted by molar-refractivity contribution is -0.137. The molecule has 2 rings (SSSR count). The summed E-state index contributed by atoms with van der Waals surface area (Å²) in [6.07, 6.45) is -3.30. The van der Waals surface area contributed by atoms with Gasteiger partial charge in [0.15, 0.2) is 0 Å². The lowest BCUT2D eigenvalue weighted by Crippen LogP contribution is -2.48. The molecule has 128 valence electrons. The number of carbonyl (C=O) groups excluding carboxylic acids is 1. The number of hydrogen-bond donors (Lipinski definition) is 1. The van der Waals surface area contributed by atoms with Crippen LogP contribution < -0.4 is 5.32 Å². The number of halogens is 3. The number of nitrogens with one attached hydrogen (secondary N) is 1. The Kier molecular flexibility index (Phi) is 6.01. The van der Waals surface area contributed by atoms with Crippen molar-refractivity contribution >= 4 is 11.6 Å². The number of alkyl halides is 3. The van der Waals surface area contributed by atoms with Crippen molar-refractivity contribution < 1.29 is 18.0 Å². The molecule has 0 saturated carbocycles. The van der Waals surface area contributed by atoms with Crippen LogP contribution in [0.5, 0.6) is 0 Å². The van der Waals surface area contributed by atoms with E-state index in [0.717, 1.165) is 51.3 Å². The van der Waals surface area contributed by atoms with Gasteiger partial charge in [-0.2, -0.15) is 13.2 Å². The van der Waals surface area contributed by atoms with Gasteiger partial charge in [0.25, 0.3) is 0 Å². The minimum absolute atomic E-state index is 0.175. The molecule has 0 atom stereocenters. The molecule has 1 aromatic rings. The van der Waals surface area contributed by atoms with Gasteiger partial charge < -0.3 is 10.2 Å². The predicted molar refractivity (Wildman–Crippen MR) is 83.2 cm³/mol. The van der Waals surface area contributed by atoms with Crippen molar-refractivity contribution in [2.24, 2.45) is 0 Å². The van der Waals surface area contributed by atoms with Gasteiger partial charge in [-0.05, 0) is 31.2 Å². The number of rotatable bonds is 5. The van der Waals surface area contributed by atoms with Crippen LogP contribution in [0.25, 0.3) is 0 Å². The fourth-order valence-electron chi connectivity index (χ4n) is 2.66. The molecule has 0 unspecified atom stereocenters. The third-order valence-electron chi connectivity index (χ3n) is 3.85. The molecule has 1 aliphatic rings. The molecule has 1 saturated heterocycles. The van der Waals surface area contributed by atoms with Gasteiger partial charge in [0.05, 0.1) is 12.1 Å². The Hall–Kier alpha value is -1.60. The van der Waals surface area contributed by atoms with E-state index < -0.39 is 11.7 Å². The summed E-state index contributed by atoms with van der Waals surface area (Å²) in [7, 11) is 0. The summed E-state index contributed by atoms with van der Waals surface area (Å²) in [5, 5.41) is 2.54. The van der Waals surface area contributed by atoms with Crippen molar-refractivity contribution in [2.75, 3.05) is 44.6 Å². The highest BCUT2D eigenvalue weighted by Gasteiger charge is 2.30. The number of carbonyl (C=O) groups is 1. The number of anilines is 1. The normalized spacial score (nSPS) is 17.2. The second-order valence-electron chi connectivity index (χ2n) is 5.74. The van der Waals surface area contributed by atoms with Crippen LogP contribution in [0.3, 0.4) is 0 Å². The maximum atomic E-state index is 12.7. The Morgan fingerprint density at radius 2 is 1.83 bits per heavy atom. The zero-order chi connectivity index (χ0) is 16.9. The molecule has 0 aromatic heterocycles. The van der Waals surface area contributed by atoms with E-state index in [1.807, 2.05) is 4.90 Å². The number of amides is 1. The van der Waals surface area contributed by atoms with Gasteiger partial charge in [-0.25, -0.2) is 0 Å². The molecule has 1 heterocycles. The Balaban J connectivity index is 1.84. The van der Waals surface area contributed by atoms with Gasteiger partial charge in [-0.15, -0.1) is 0 Å². The van der Waals surface area contributed by atoms with Gasteiger partial charge in [-0.1, -0.05) is 13.0 Å². The van der Waals surface area contributed by atoms with Crippen molar-refractivity contribution in [2.45, 2.75) is 19.5 Å². The second-order valence-corrected chi connectivity index (χ2v) is 5.74. The van der Waals surface area contributed by atoms with Gasteiger partial charge >= 0.3 is 6.18 Å². The third-order valence-corrected chi connectivity index (χ3v) is 3.85. The van der Waals surface area contributed by atoms with E-state index in [1.165, 1.54) is 12.1 Å². The molecule has 4 nitrogen and oxygen atoms in total. The van der Waals surface area contributed by atoms with E-state index in [-0.39, 0.29) is 18.1 Å². The van der Waals surface area contributed by atoms with E-state index in [2.05, 4.69) is 17.1 Å². The zero-order valence-electron chi connectivity index (χ0n) is 13.2. The van der Waals surface area contributed by atoms with Crippen LogP contribution in [0.2, 0.25) is 0 Å². The summed E-state index contributed by atoms with van der Waals surface area (Å²) < 4.78 is 38.0. The number of benzene rings is 1. The number of hydrogen-bond acceptors (Lipinski definition) is 3. The molecule has 1 aliphatic heterocycles. The molecule has 7 heteroatoms. The SMILES string of the molecule is CCCN1CCN(CC(=O)Nc2cccc(C(F)(F)F)c2)CC1. The van der Waals surface area contributed by atoms with Crippen LogP contribution in [0, 0.1) is 0 Å². The summed E-state index contributed by atoms with van der Waals surface area (Å²) in [6, 6.07) is 4.70. The smallest absolute Gasteiger partial charge is 0.325 e. The Labute approximate surface area is 134 Å². The van der Waals surface area contributed by atoms with Crippen LogP contribution in [0.15, 0.2) is 24.3 Å². The summed E-state index contributed by atoms with van der Waals surface area (Å²) in [5.74, 6) is -0.284. The fourth-order valence-corrected chi connectivity index (χ4v) is 2.66. The molecule has 0 bridgehead atoms. The van der Waals surface area contributed by atoms with Crippen LogP contribution in [-0.2, 0) is 11.0 Å². The van der Waals surface area contributed by atoms with Crippen LogP contribution >= 0.6 is 0 Å². The highest BCUT2D eigenvalue weighted by molar-refractivity contribution is 5.92. The average Bonchev–Trinajstić information content (AvgIpc) is 2.49. The first-order valence-electron chi connectivity index (χ1n) is 7.80. The minimum Gasteiger partial charge on any atom is -0.325 e. The summed E-state index contributed by atoms with van der Waals surface area (Å²) in [4.78, 5) is 16.4. The Morgan fingerprint density at radius 3 is 2.43 bits per heavy atom. The van der Waals surface area contributed by atoms with E-state index in [4.69, 9.17) is 0 Å². The van der Waals surface area contributed by atoms with Crippen molar-refractivity contribution in [1.82, 2.24) is 9.80 Å². The quantitative estimate of drug-likeness (QED) is 0.902. The molecule has 0 spiro atoms. The first kappa shape index (κ1) is 17.7. The van der Waals surface area contributed by atoms with E-state index >= 15 is 0 Å². The summed E-state index contributed by atoms with van der Waals surface area (Å²) >= 11 is 0. The lowest BCUT2D eigenvalue weighted by Gasteiger charge is -2.34. The summed E-state index contributed by atoms with van der Waals surface area (Å²) in [5.41, 5.74) is -0.585. The molecule has 23 heavy (non-hydrogen) atoms. The van der Waals surface area contributed by atoms with Gasteiger partial charge in [0.1, 0.15) is 0 Å². The average molecular weight is 329 g/mol. The van der Waals surface area contributed by atoms with Gasteiger partial charge in [0, 0.05) is 31.9 Å². The number of piperazine rings is 1. The Bertz CT molecular complexity index is 526. The standard InChI is InChI=1S/C16H22F3N3O/c1-2-6-21-7-9-22(10-8-21)12-15(23)20-14-5-3-4-13(11-14)16(17,18)19/h3-5,11H,2,6-10,12H2,1H3,(H,20,23). The largest absolute Gasteiger partial charge is 0.416 e. The van der Waals surface area contributed by atoms with Crippen molar-refractivity contribution in [1.29, 1.82) is 0 Å². The molecular weight excluding hydrogens is 307 g/mol. The van der Waals surface area contributed by atoms with Crippen LogP contribution in [0.4, 0.5) is 18.9 Å². The van der Waals surface area contributed by atoms with E-state index in [0.29, 0.717) is 0 Å². The molecule has 1 amide bonds. The van der Waals surface area contributed by atoms with Gasteiger partial charge in [-0.3, -0.25) is 9.69 Å². The first-order valence-corrected chi connectivity index (χ1v) is 7.80.